The lowest BCUT2D eigenvalue weighted by atomic mass is 10.1. The molecule has 0 radical (unpaired) electrons. The lowest BCUT2D eigenvalue weighted by Gasteiger charge is -2.03. The van der Waals surface area contributed by atoms with Crippen molar-refractivity contribution in [3.63, 3.8) is 0 Å². The Hall–Kier alpha value is -0.0431. The van der Waals surface area contributed by atoms with Gasteiger partial charge < -0.3 is 0 Å². The van der Waals surface area contributed by atoms with Crippen molar-refractivity contribution in [2.24, 2.45) is 0 Å². The minimum Gasteiger partial charge on any atom is -0.0885 e. The molecule has 0 unspecified atom stereocenters. The van der Waals surface area contributed by atoms with Gasteiger partial charge in [-0.05, 0) is 25.7 Å². The van der Waals surface area contributed by atoms with E-state index in [9.17, 15) is 0 Å². The van der Waals surface area contributed by atoms with Crippen molar-refractivity contribution < 1.29 is 0 Å². The lowest BCUT2D eigenvalue weighted by molar-refractivity contribution is 0.606. The van der Waals surface area contributed by atoms with Gasteiger partial charge in [-0.2, -0.15) is 0 Å². The zero-order valence-electron chi connectivity index (χ0n) is 15.3. The van der Waals surface area contributed by atoms with Gasteiger partial charge in [0.25, 0.3) is 0 Å². The maximum Gasteiger partial charge on any atom is 0.0305 e. The smallest absolute Gasteiger partial charge is 0.0305 e. The summed E-state index contributed by atoms with van der Waals surface area (Å²) in [5, 5.41) is 0. The van der Waals surface area contributed by atoms with Crippen molar-refractivity contribution in [2.45, 2.75) is 116 Å². The van der Waals surface area contributed by atoms with E-state index in [1.807, 2.05) is 0 Å². The van der Waals surface area contributed by atoms with E-state index in [0.717, 1.165) is 0 Å². The second-order valence-corrected chi connectivity index (χ2v) is 10.5. The summed E-state index contributed by atoms with van der Waals surface area (Å²) in [6.07, 6.45) is 24.8. The maximum atomic E-state index is 2.47. The largest absolute Gasteiger partial charge is 0.0885 e. The minimum atomic E-state index is -0.273. The summed E-state index contributed by atoms with van der Waals surface area (Å²) in [4.78, 5) is 0. The fourth-order valence-corrected chi connectivity index (χ4v) is 3.91. The topological polar surface area (TPSA) is 0 Å². The molecule has 0 atom stereocenters. The molecule has 0 bridgehead atoms. The molecule has 0 N–H and O–H groups in total. The van der Waals surface area contributed by atoms with E-state index < -0.39 is 0 Å². The van der Waals surface area contributed by atoms with Crippen LogP contribution >= 0.6 is 0 Å². The summed E-state index contributed by atoms with van der Waals surface area (Å²) in [6, 6.07) is 1.56. The highest BCUT2D eigenvalue weighted by molar-refractivity contribution is 6.55. The minimum absolute atomic E-state index is 0.273. The molecule has 0 nitrogen and oxygen atoms in total. The molecule has 0 spiro atoms. The molecule has 0 fully saturated rings. The summed E-state index contributed by atoms with van der Waals surface area (Å²) in [7, 11) is -0.273. The van der Waals surface area contributed by atoms with E-state index >= 15 is 0 Å². The quantitative estimate of drug-likeness (QED) is 0.157. The molecule has 21 heavy (non-hydrogen) atoms. The van der Waals surface area contributed by atoms with Crippen molar-refractivity contribution in [3.8, 4) is 0 Å². The number of unbranched alkanes of at least 4 members (excludes halogenated alkanes) is 12. The van der Waals surface area contributed by atoms with Gasteiger partial charge >= 0.3 is 0 Å². The Labute approximate surface area is 137 Å². The van der Waals surface area contributed by atoms with Crippen LogP contribution in [0.1, 0.15) is 96.8 Å². The normalized spacial score (nSPS) is 11.8. The van der Waals surface area contributed by atoms with Crippen LogP contribution in [0.15, 0.2) is 12.2 Å². The fourth-order valence-electron chi connectivity index (χ4n) is 2.80. The first-order chi connectivity index (χ1) is 10.3. The van der Waals surface area contributed by atoms with E-state index in [1.165, 1.54) is 89.9 Å². The van der Waals surface area contributed by atoms with Gasteiger partial charge in [0, 0.05) is 8.80 Å². The van der Waals surface area contributed by atoms with Crippen LogP contribution in [0.25, 0.3) is 0 Å². The van der Waals surface area contributed by atoms with Gasteiger partial charge in [-0.3, -0.25) is 0 Å². The first-order valence-electron chi connectivity index (χ1n) is 9.92. The van der Waals surface area contributed by atoms with Crippen LogP contribution in [-0.2, 0) is 0 Å². The molecule has 0 heterocycles. The van der Waals surface area contributed by atoms with E-state index in [-0.39, 0.29) is 8.80 Å². The van der Waals surface area contributed by atoms with Crippen LogP contribution < -0.4 is 0 Å². The molecule has 0 aromatic carbocycles. The maximum absolute atomic E-state index is 2.47. The lowest BCUT2D eigenvalue weighted by Crippen LogP contribution is -1.97. The average Bonchev–Trinajstić information content (AvgIpc) is 2.46. The van der Waals surface area contributed by atoms with Gasteiger partial charge in [-0.25, -0.2) is 0 Å². The zero-order valence-corrected chi connectivity index (χ0v) is 16.5. The molecular formula is C20H42Si. The van der Waals surface area contributed by atoms with E-state index in [4.69, 9.17) is 0 Å². The summed E-state index contributed by atoms with van der Waals surface area (Å²) < 4.78 is 0. The van der Waals surface area contributed by atoms with Crippen LogP contribution in [0.5, 0.6) is 0 Å². The van der Waals surface area contributed by atoms with Crippen LogP contribution in [0, 0.1) is 0 Å². The summed E-state index contributed by atoms with van der Waals surface area (Å²) in [5.41, 5.74) is 0. The molecular weight excluding hydrogens is 268 g/mol. The van der Waals surface area contributed by atoms with Gasteiger partial charge in [0.15, 0.2) is 0 Å². The Balaban J connectivity index is 3.05. The molecule has 0 saturated heterocycles. The Morgan fingerprint density at radius 3 is 1.48 bits per heavy atom. The predicted octanol–water partition coefficient (Wildman–Crippen LogP) is 7.51. The van der Waals surface area contributed by atoms with Gasteiger partial charge in [0.1, 0.15) is 0 Å². The van der Waals surface area contributed by atoms with Crippen LogP contribution in [0.4, 0.5) is 0 Å². The van der Waals surface area contributed by atoms with E-state index in [2.05, 4.69) is 32.2 Å². The van der Waals surface area contributed by atoms with Gasteiger partial charge in [-0.15, -0.1) is 0 Å². The summed E-state index contributed by atoms with van der Waals surface area (Å²) >= 11 is 0. The van der Waals surface area contributed by atoms with Crippen molar-refractivity contribution >= 4 is 8.80 Å². The molecule has 0 aromatic heterocycles. The fraction of sp³-hybridized carbons (Fsp3) is 0.900. The predicted molar refractivity (Wildman–Crippen MR) is 103 cm³/mol. The van der Waals surface area contributed by atoms with E-state index in [0.29, 0.717) is 0 Å². The third-order valence-corrected chi connectivity index (χ3v) is 5.86. The Bertz CT molecular complexity index is 208. The molecule has 0 rings (SSSR count). The third-order valence-electron chi connectivity index (χ3n) is 4.29. The second kappa shape index (κ2) is 18.0. The van der Waals surface area contributed by atoms with Crippen LogP contribution in [0.2, 0.25) is 19.1 Å². The van der Waals surface area contributed by atoms with Crippen molar-refractivity contribution in [3.05, 3.63) is 12.2 Å². The van der Waals surface area contributed by atoms with Crippen LogP contribution in [-0.4, -0.2) is 8.80 Å². The molecule has 1 heteroatoms. The Morgan fingerprint density at radius 1 is 0.571 bits per heavy atom. The first-order valence-corrected chi connectivity index (χ1v) is 13.0. The van der Waals surface area contributed by atoms with Crippen molar-refractivity contribution in [1.29, 1.82) is 0 Å². The van der Waals surface area contributed by atoms with Crippen molar-refractivity contribution in [1.82, 2.24) is 0 Å². The Kier molecular flexibility index (Phi) is 18.0. The highest BCUT2D eigenvalue weighted by Crippen LogP contribution is 2.11. The van der Waals surface area contributed by atoms with Gasteiger partial charge in [0.2, 0.25) is 0 Å². The van der Waals surface area contributed by atoms with E-state index in [1.54, 1.807) is 6.04 Å². The molecule has 0 aliphatic carbocycles. The number of hydrogen-bond acceptors (Lipinski definition) is 0. The van der Waals surface area contributed by atoms with Gasteiger partial charge in [-0.1, -0.05) is 102 Å². The molecule has 0 aliphatic rings. The van der Waals surface area contributed by atoms with Crippen LogP contribution in [0.3, 0.4) is 0 Å². The standard InChI is InChI=1S/C20H42Si/c1-4-5-6-7-8-9-10-11-12-13-14-15-16-17-18-19-20-21(2)3/h11-12,21H,4-10,13-20H2,1-3H3/b12-11-. The highest BCUT2D eigenvalue weighted by atomic mass is 28.3. The third kappa shape index (κ3) is 20.0. The highest BCUT2D eigenvalue weighted by Gasteiger charge is 1.95. The number of hydrogen-bond donors (Lipinski definition) is 0. The molecule has 126 valence electrons. The second-order valence-electron chi connectivity index (χ2n) is 7.12. The molecule has 0 aromatic rings. The SMILES string of the molecule is CCCCCCCC/C=C\CCCCCCCC[SiH](C)C. The molecule has 0 amide bonds. The van der Waals surface area contributed by atoms with Gasteiger partial charge in [0.05, 0.1) is 0 Å². The molecule has 0 saturated carbocycles. The molecule has 0 aliphatic heterocycles. The average molecular weight is 311 g/mol. The van der Waals surface area contributed by atoms with Crippen molar-refractivity contribution in [2.75, 3.05) is 0 Å². The number of allylic oxidation sites excluding steroid dienone is 2. The zero-order chi connectivity index (χ0) is 15.6. The monoisotopic (exact) mass is 310 g/mol. The summed E-state index contributed by atoms with van der Waals surface area (Å²) in [6.45, 7) is 7.23. The Morgan fingerprint density at radius 2 is 1.00 bits per heavy atom. The number of rotatable bonds is 16. The summed E-state index contributed by atoms with van der Waals surface area (Å²) in [5.74, 6) is 0. The first kappa shape index (κ1) is 21.0.